The molecule has 0 radical (unpaired) electrons. The van der Waals surface area contributed by atoms with Gasteiger partial charge in [0.25, 0.3) is 0 Å². The Morgan fingerprint density at radius 3 is 2.05 bits per heavy atom. The number of hydrogen-bond acceptors (Lipinski definition) is 7. The van der Waals surface area contributed by atoms with Crippen molar-refractivity contribution in [2.24, 2.45) is 0 Å². The number of ketones is 2. The molecule has 2 aromatic rings. The summed E-state index contributed by atoms with van der Waals surface area (Å²) in [6.45, 7) is 0.420. The number of aromatic carboxylic acids is 1. The summed E-state index contributed by atoms with van der Waals surface area (Å²) in [5.74, 6) is -1.57. The van der Waals surface area contributed by atoms with Crippen molar-refractivity contribution >= 4 is 23.5 Å². The van der Waals surface area contributed by atoms with E-state index in [4.69, 9.17) is 14.6 Å². The van der Waals surface area contributed by atoms with Gasteiger partial charge in [-0.15, -0.1) is 0 Å². The second-order valence-electron chi connectivity index (χ2n) is 10.2. The average Bonchev–Trinajstić information content (AvgIpc) is 2.95. The highest BCUT2D eigenvalue weighted by Gasteiger charge is 2.43. The Morgan fingerprint density at radius 2 is 1.50 bits per heavy atom. The number of ether oxygens (including phenoxy) is 2. The summed E-state index contributed by atoms with van der Waals surface area (Å²) in [4.78, 5) is 51.3. The lowest BCUT2D eigenvalue weighted by Gasteiger charge is -2.44. The zero-order valence-electron chi connectivity index (χ0n) is 22.3. The van der Waals surface area contributed by atoms with Gasteiger partial charge in [-0.3, -0.25) is 14.4 Å². The van der Waals surface area contributed by atoms with Crippen molar-refractivity contribution in [2.45, 2.75) is 57.5 Å². The van der Waals surface area contributed by atoms with Crippen molar-refractivity contribution in [1.82, 2.24) is 4.90 Å². The second kappa shape index (κ2) is 11.4. The van der Waals surface area contributed by atoms with Crippen molar-refractivity contribution in [2.75, 3.05) is 13.7 Å². The Hall–Kier alpha value is -4.40. The average molecular weight is 546 g/mol. The van der Waals surface area contributed by atoms with E-state index in [1.54, 1.807) is 24.3 Å². The van der Waals surface area contributed by atoms with Crippen LogP contribution in [0.4, 0.5) is 0 Å². The molecule has 3 aliphatic rings. The van der Waals surface area contributed by atoms with Crippen LogP contribution in [0, 0.1) is 0 Å². The zero-order valence-corrected chi connectivity index (χ0v) is 22.3. The first-order valence-electron chi connectivity index (χ1n) is 13.4. The van der Waals surface area contributed by atoms with Crippen LogP contribution in [-0.2, 0) is 21.0 Å². The molecular formula is C31H31NO8. The molecule has 40 heavy (non-hydrogen) atoms. The number of carboxylic acid groups (broad SMARTS) is 2. The van der Waals surface area contributed by atoms with Crippen LogP contribution in [-0.4, -0.2) is 52.3 Å². The second-order valence-corrected chi connectivity index (χ2v) is 10.2. The van der Waals surface area contributed by atoms with E-state index in [2.05, 4.69) is 0 Å². The van der Waals surface area contributed by atoms with Gasteiger partial charge in [-0.05, 0) is 61.1 Å². The molecule has 0 fully saturated rings. The van der Waals surface area contributed by atoms with Gasteiger partial charge >= 0.3 is 11.9 Å². The highest BCUT2D eigenvalue weighted by Crippen LogP contribution is 2.50. The molecule has 1 heterocycles. The van der Waals surface area contributed by atoms with Crippen molar-refractivity contribution in [1.29, 1.82) is 0 Å². The number of nitrogens with zero attached hydrogens (tertiary/aromatic N) is 1. The van der Waals surface area contributed by atoms with Gasteiger partial charge in [-0.1, -0.05) is 18.2 Å². The number of aliphatic carboxylic acids is 1. The standard InChI is InChI=1S/C31H31NO8/c1-39-26-16-20(12-13-25(26)40-17-18-8-10-19(11-9-18)31(37)38)28-29-21(4-2-6-23(29)33)32(15-14-27(35)36)22-5-3-7-24(34)30(22)28/h8-13,16,28H,2-7,14-15,17H2,1H3,(H,35,36)(H,37,38). The predicted molar refractivity (Wildman–Crippen MR) is 144 cm³/mol. The monoisotopic (exact) mass is 545 g/mol. The fraction of sp³-hybridized carbons (Fsp3) is 0.355. The number of hydrogen-bond donors (Lipinski definition) is 2. The van der Waals surface area contributed by atoms with E-state index in [1.165, 1.54) is 19.2 Å². The van der Waals surface area contributed by atoms with Crippen molar-refractivity contribution in [3.8, 4) is 11.5 Å². The van der Waals surface area contributed by atoms with E-state index in [0.29, 0.717) is 61.2 Å². The van der Waals surface area contributed by atoms with Crippen LogP contribution in [0.3, 0.4) is 0 Å². The highest BCUT2D eigenvalue weighted by atomic mass is 16.5. The predicted octanol–water partition coefficient (Wildman–Crippen LogP) is 4.86. The molecule has 5 rings (SSSR count). The lowest BCUT2D eigenvalue weighted by molar-refractivity contribution is -0.137. The van der Waals surface area contributed by atoms with Gasteiger partial charge in [0.15, 0.2) is 23.1 Å². The normalized spacial score (nSPS) is 17.5. The third kappa shape index (κ3) is 5.23. The third-order valence-corrected chi connectivity index (χ3v) is 7.75. The number of carbonyl (C=O) groups is 4. The molecule has 9 heteroatoms. The third-order valence-electron chi connectivity index (χ3n) is 7.75. The maximum atomic E-state index is 13.4. The van der Waals surface area contributed by atoms with Gasteiger partial charge in [0.2, 0.25) is 0 Å². The van der Waals surface area contributed by atoms with Crippen LogP contribution in [0.25, 0.3) is 0 Å². The maximum absolute atomic E-state index is 13.4. The summed E-state index contributed by atoms with van der Waals surface area (Å²) in [5.41, 5.74) is 4.56. The molecule has 0 saturated carbocycles. The van der Waals surface area contributed by atoms with E-state index in [-0.39, 0.29) is 36.7 Å². The number of carboxylic acids is 2. The molecule has 2 aliphatic carbocycles. The number of rotatable bonds is 9. The molecule has 0 bridgehead atoms. The molecule has 2 N–H and O–H groups in total. The lowest BCUT2D eigenvalue weighted by Crippen LogP contribution is -2.39. The Morgan fingerprint density at radius 1 is 0.875 bits per heavy atom. The first-order chi connectivity index (χ1) is 19.3. The van der Waals surface area contributed by atoms with Gasteiger partial charge in [0.05, 0.1) is 19.1 Å². The van der Waals surface area contributed by atoms with Crippen LogP contribution < -0.4 is 9.47 Å². The topological polar surface area (TPSA) is 130 Å². The largest absolute Gasteiger partial charge is 0.493 e. The molecule has 0 amide bonds. The van der Waals surface area contributed by atoms with E-state index in [9.17, 15) is 24.3 Å². The first-order valence-corrected chi connectivity index (χ1v) is 13.4. The summed E-state index contributed by atoms with van der Waals surface area (Å²) >= 11 is 0. The van der Waals surface area contributed by atoms with E-state index >= 15 is 0 Å². The van der Waals surface area contributed by atoms with E-state index in [0.717, 1.165) is 22.5 Å². The summed E-state index contributed by atoms with van der Waals surface area (Å²) < 4.78 is 11.6. The van der Waals surface area contributed by atoms with Crippen LogP contribution in [0.15, 0.2) is 65.0 Å². The van der Waals surface area contributed by atoms with Crippen molar-refractivity contribution < 1.29 is 38.9 Å². The molecule has 0 atom stereocenters. The zero-order chi connectivity index (χ0) is 28.4. The number of Topliss-reactive ketones (excluding diaryl/α,β-unsaturated/α-hetero) is 2. The van der Waals surface area contributed by atoms with Gasteiger partial charge in [-0.25, -0.2) is 4.79 Å². The molecule has 2 aromatic carbocycles. The van der Waals surface area contributed by atoms with E-state index < -0.39 is 17.9 Å². The molecule has 9 nitrogen and oxygen atoms in total. The smallest absolute Gasteiger partial charge is 0.335 e. The van der Waals surface area contributed by atoms with Crippen LogP contribution >= 0.6 is 0 Å². The van der Waals surface area contributed by atoms with Crippen molar-refractivity contribution in [3.05, 3.63) is 81.7 Å². The number of benzene rings is 2. The Balaban J connectivity index is 1.51. The summed E-state index contributed by atoms with van der Waals surface area (Å²) in [5, 5.41) is 18.5. The van der Waals surface area contributed by atoms with Gasteiger partial charge in [0.1, 0.15) is 6.61 Å². The maximum Gasteiger partial charge on any atom is 0.335 e. The van der Waals surface area contributed by atoms with Gasteiger partial charge in [-0.2, -0.15) is 0 Å². The lowest BCUT2D eigenvalue weighted by atomic mass is 9.71. The highest BCUT2D eigenvalue weighted by molar-refractivity contribution is 6.06. The molecule has 0 aromatic heterocycles. The quantitative estimate of drug-likeness (QED) is 0.454. The Kier molecular flexibility index (Phi) is 7.73. The summed E-state index contributed by atoms with van der Waals surface area (Å²) in [6, 6.07) is 11.8. The summed E-state index contributed by atoms with van der Waals surface area (Å²) in [6.07, 6.45) is 3.37. The number of carbonyl (C=O) groups excluding carboxylic acids is 2. The van der Waals surface area contributed by atoms with Crippen LogP contribution in [0.2, 0.25) is 0 Å². The van der Waals surface area contributed by atoms with Crippen molar-refractivity contribution in [3.63, 3.8) is 0 Å². The minimum absolute atomic E-state index is 0.0133. The molecule has 0 saturated heterocycles. The first kappa shape index (κ1) is 27.2. The molecule has 0 unspecified atom stereocenters. The van der Waals surface area contributed by atoms with E-state index in [1.807, 2.05) is 11.0 Å². The Bertz CT molecular complexity index is 1390. The summed E-state index contributed by atoms with van der Waals surface area (Å²) in [7, 11) is 1.52. The molecular weight excluding hydrogens is 514 g/mol. The number of methoxy groups -OCH3 is 1. The minimum Gasteiger partial charge on any atom is -0.493 e. The molecule has 0 spiro atoms. The van der Waals surface area contributed by atoms with Crippen LogP contribution in [0.1, 0.15) is 72.3 Å². The van der Waals surface area contributed by atoms with Crippen LogP contribution in [0.5, 0.6) is 11.5 Å². The molecule has 1 aliphatic heterocycles. The Labute approximate surface area is 231 Å². The number of allylic oxidation sites excluding steroid dienone is 4. The van der Waals surface area contributed by atoms with Gasteiger partial charge < -0.3 is 24.6 Å². The fourth-order valence-electron chi connectivity index (χ4n) is 5.91. The molecule has 208 valence electrons. The minimum atomic E-state index is -0.998. The van der Waals surface area contributed by atoms with Gasteiger partial charge in [0, 0.05) is 47.8 Å². The SMILES string of the molecule is COc1cc(C2C3=C(CCCC3=O)N(CCC(=O)O)C3=C2C(=O)CCC3)ccc1OCc1ccc(C(=O)O)cc1. The fourth-order valence-corrected chi connectivity index (χ4v) is 5.91.